The van der Waals surface area contributed by atoms with Crippen molar-refractivity contribution in [2.75, 3.05) is 13.2 Å². The molecule has 65 heavy (non-hydrogen) atoms. The van der Waals surface area contributed by atoms with Crippen LogP contribution in [0.15, 0.2) is 36.5 Å². The maximum Gasteiger partial charge on any atom is 0.306 e. The van der Waals surface area contributed by atoms with E-state index in [9.17, 15) is 14.4 Å². The van der Waals surface area contributed by atoms with Crippen molar-refractivity contribution in [3.63, 3.8) is 0 Å². The highest BCUT2D eigenvalue weighted by molar-refractivity contribution is 5.71. The van der Waals surface area contributed by atoms with E-state index >= 15 is 0 Å². The van der Waals surface area contributed by atoms with E-state index < -0.39 is 6.10 Å². The molecule has 0 aromatic carbocycles. The highest BCUT2D eigenvalue weighted by Gasteiger charge is 2.19. The molecule has 0 saturated carbocycles. The first-order valence-corrected chi connectivity index (χ1v) is 28.5. The highest BCUT2D eigenvalue weighted by Crippen LogP contribution is 2.17. The molecule has 0 aliphatic heterocycles. The Morgan fingerprint density at radius 1 is 0.308 bits per heavy atom. The maximum absolute atomic E-state index is 12.8. The van der Waals surface area contributed by atoms with Gasteiger partial charge in [-0.2, -0.15) is 0 Å². The monoisotopic (exact) mass is 913 g/mol. The number of carbonyl (C=O) groups is 3. The second-order valence-electron chi connectivity index (χ2n) is 19.2. The summed E-state index contributed by atoms with van der Waals surface area (Å²) in [6.07, 6.45) is 64.2. The van der Waals surface area contributed by atoms with Crippen LogP contribution in [-0.4, -0.2) is 37.2 Å². The van der Waals surface area contributed by atoms with Crippen LogP contribution in [0.1, 0.15) is 303 Å². The van der Waals surface area contributed by atoms with Gasteiger partial charge >= 0.3 is 17.9 Å². The number of unbranched alkanes of at least 4 members (excludes halogenated alkanes) is 35. The number of carbonyl (C=O) groups excluding carboxylic acids is 3. The summed E-state index contributed by atoms with van der Waals surface area (Å²) < 4.78 is 16.8. The predicted molar refractivity (Wildman–Crippen MR) is 279 cm³/mol. The lowest BCUT2D eigenvalue weighted by atomic mass is 10.0. The van der Waals surface area contributed by atoms with Crippen LogP contribution in [0.4, 0.5) is 0 Å². The van der Waals surface area contributed by atoms with Crippen molar-refractivity contribution < 1.29 is 28.6 Å². The zero-order chi connectivity index (χ0) is 47.2. The van der Waals surface area contributed by atoms with Crippen molar-refractivity contribution in [3.8, 4) is 0 Å². The fourth-order valence-electron chi connectivity index (χ4n) is 8.33. The molecule has 0 bridgehead atoms. The zero-order valence-electron chi connectivity index (χ0n) is 43.5. The minimum absolute atomic E-state index is 0.0827. The van der Waals surface area contributed by atoms with Crippen LogP contribution in [0.2, 0.25) is 0 Å². The molecule has 0 heterocycles. The Morgan fingerprint density at radius 3 is 0.892 bits per heavy atom. The first-order chi connectivity index (χ1) is 32.0. The Bertz CT molecular complexity index is 1090. The summed E-state index contributed by atoms with van der Waals surface area (Å²) in [7, 11) is 0. The average molecular weight is 914 g/mol. The molecule has 6 nitrogen and oxygen atoms in total. The van der Waals surface area contributed by atoms with Gasteiger partial charge < -0.3 is 14.2 Å². The lowest BCUT2D eigenvalue weighted by Gasteiger charge is -2.18. The Kier molecular flexibility index (Phi) is 52.3. The number of allylic oxidation sites excluding steroid dienone is 6. The number of esters is 3. The van der Waals surface area contributed by atoms with Crippen molar-refractivity contribution in [1.82, 2.24) is 0 Å². The van der Waals surface area contributed by atoms with Gasteiger partial charge in [0.05, 0.1) is 0 Å². The third-order valence-corrected chi connectivity index (χ3v) is 12.6. The van der Waals surface area contributed by atoms with Gasteiger partial charge in [0.15, 0.2) is 6.10 Å². The van der Waals surface area contributed by atoms with Gasteiger partial charge in [-0.3, -0.25) is 14.4 Å². The molecular weight excluding hydrogens is 805 g/mol. The summed E-state index contributed by atoms with van der Waals surface area (Å²) >= 11 is 0. The minimum atomic E-state index is -0.787. The summed E-state index contributed by atoms with van der Waals surface area (Å²) in [5.41, 5.74) is 0. The summed E-state index contributed by atoms with van der Waals surface area (Å²) in [5.74, 6) is -0.903. The zero-order valence-corrected chi connectivity index (χ0v) is 43.5. The number of ether oxygens (including phenoxy) is 3. The molecule has 0 N–H and O–H groups in total. The summed E-state index contributed by atoms with van der Waals surface area (Å²) in [6.45, 7) is 6.62. The van der Waals surface area contributed by atoms with Crippen molar-refractivity contribution in [1.29, 1.82) is 0 Å². The molecule has 0 aliphatic rings. The van der Waals surface area contributed by atoms with E-state index in [4.69, 9.17) is 14.2 Å². The molecular formula is C59H108O6. The molecule has 0 aromatic rings. The van der Waals surface area contributed by atoms with E-state index in [0.717, 1.165) is 64.2 Å². The molecule has 0 amide bonds. The van der Waals surface area contributed by atoms with E-state index in [1.807, 2.05) is 0 Å². The molecule has 0 spiro atoms. The van der Waals surface area contributed by atoms with E-state index in [0.29, 0.717) is 19.3 Å². The van der Waals surface area contributed by atoms with Crippen LogP contribution >= 0.6 is 0 Å². The number of hydrogen-bond acceptors (Lipinski definition) is 6. The van der Waals surface area contributed by atoms with Crippen LogP contribution < -0.4 is 0 Å². The molecule has 0 rings (SSSR count). The fraction of sp³-hybridized carbons (Fsp3) is 0.847. The molecule has 6 heteroatoms. The quantitative estimate of drug-likeness (QED) is 0.0262. The smallest absolute Gasteiger partial charge is 0.306 e. The second-order valence-corrected chi connectivity index (χ2v) is 19.2. The van der Waals surface area contributed by atoms with Crippen molar-refractivity contribution in [3.05, 3.63) is 36.5 Å². The van der Waals surface area contributed by atoms with Gasteiger partial charge in [0.25, 0.3) is 0 Å². The van der Waals surface area contributed by atoms with Gasteiger partial charge in [-0.05, 0) is 57.8 Å². The van der Waals surface area contributed by atoms with E-state index in [1.54, 1.807) is 0 Å². The molecule has 0 unspecified atom stereocenters. The topological polar surface area (TPSA) is 78.9 Å². The van der Waals surface area contributed by atoms with E-state index in [2.05, 4.69) is 57.2 Å². The van der Waals surface area contributed by atoms with Crippen LogP contribution in [0.3, 0.4) is 0 Å². The van der Waals surface area contributed by atoms with E-state index in [-0.39, 0.29) is 37.5 Å². The SMILES string of the molecule is CCCCC/C=C\C/C=C\C/C=C\CCCCC(=O)O[C@H](COC(=O)CCCCCCCCCCCCCCCCC)COC(=O)CCCCCCCCCCCCCCCCCCC. The molecule has 0 fully saturated rings. The van der Waals surface area contributed by atoms with Crippen molar-refractivity contribution in [2.24, 2.45) is 0 Å². The van der Waals surface area contributed by atoms with Gasteiger partial charge in [0.2, 0.25) is 0 Å². The van der Waals surface area contributed by atoms with Gasteiger partial charge in [-0.1, -0.05) is 263 Å². The predicted octanol–water partition coefficient (Wildman–Crippen LogP) is 18.9. The summed E-state index contributed by atoms with van der Waals surface area (Å²) in [5, 5.41) is 0. The molecule has 0 saturated heterocycles. The van der Waals surface area contributed by atoms with Gasteiger partial charge in [-0.15, -0.1) is 0 Å². The minimum Gasteiger partial charge on any atom is -0.462 e. The number of rotatable bonds is 52. The molecule has 0 aromatic heterocycles. The molecule has 0 aliphatic carbocycles. The van der Waals surface area contributed by atoms with Crippen LogP contribution in [0, 0.1) is 0 Å². The molecule has 0 radical (unpaired) electrons. The van der Waals surface area contributed by atoms with Crippen LogP contribution in [0.5, 0.6) is 0 Å². The largest absolute Gasteiger partial charge is 0.462 e. The Balaban J connectivity index is 4.38. The Hall–Kier alpha value is -2.37. The standard InChI is InChI=1S/C59H108O6/c1-4-7-10-13-16-19-22-25-28-29-32-34-37-40-43-46-49-52-58(61)64-55-56(65-59(62)53-50-47-44-41-38-35-31-27-24-21-18-15-12-9-6-3)54-63-57(60)51-48-45-42-39-36-33-30-26-23-20-17-14-11-8-5-2/h18,21,27,31,38,41,56H,4-17,19-20,22-26,28-30,32-37,39-40,42-55H2,1-3H3/b21-18-,31-27-,41-38-/t56-/m1/s1. The fourth-order valence-corrected chi connectivity index (χ4v) is 8.33. The molecule has 380 valence electrons. The first kappa shape index (κ1) is 62.6. The van der Waals surface area contributed by atoms with Crippen LogP contribution in [0.25, 0.3) is 0 Å². The van der Waals surface area contributed by atoms with Crippen molar-refractivity contribution >= 4 is 17.9 Å². The van der Waals surface area contributed by atoms with Gasteiger partial charge in [-0.25, -0.2) is 0 Å². The summed E-state index contributed by atoms with van der Waals surface area (Å²) in [4.78, 5) is 38.1. The van der Waals surface area contributed by atoms with E-state index in [1.165, 1.54) is 193 Å². The maximum atomic E-state index is 12.8. The van der Waals surface area contributed by atoms with Gasteiger partial charge in [0, 0.05) is 19.3 Å². The molecule has 1 atom stereocenters. The van der Waals surface area contributed by atoms with Gasteiger partial charge in [0.1, 0.15) is 13.2 Å². The Labute approximate surface area is 404 Å². The summed E-state index contributed by atoms with van der Waals surface area (Å²) in [6, 6.07) is 0. The lowest BCUT2D eigenvalue weighted by molar-refractivity contribution is -0.167. The van der Waals surface area contributed by atoms with Crippen molar-refractivity contribution in [2.45, 2.75) is 309 Å². The third-order valence-electron chi connectivity index (χ3n) is 12.6. The highest BCUT2D eigenvalue weighted by atomic mass is 16.6. The van der Waals surface area contributed by atoms with Crippen LogP contribution in [-0.2, 0) is 28.6 Å². The second kappa shape index (κ2) is 54.2. The third kappa shape index (κ3) is 52.5. The lowest BCUT2D eigenvalue weighted by Crippen LogP contribution is -2.30. The first-order valence-electron chi connectivity index (χ1n) is 28.5. The Morgan fingerprint density at radius 2 is 0.554 bits per heavy atom. The normalized spacial score (nSPS) is 12.2. The number of hydrogen-bond donors (Lipinski definition) is 0. The average Bonchev–Trinajstić information content (AvgIpc) is 3.30.